The van der Waals surface area contributed by atoms with Crippen LogP contribution < -0.4 is 14.8 Å². The van der Waals surface area contributed by atoms with Gasteiger partial charge in [0.2, 0.25) is 0 Å². The van der Waals surface area contributed by atoms with Crippen LogP contribution in [0.5, 0.6) is 11.5 Å². The first-order chi connectivity index (χ1) is 6.81. The van der Waals surface area contributed by atoms with Gasteiger partial charge < -0.3 is 14.8 Å². The van der Waals surface area contributed by atoms with Crippen LogP contribution in [0.3, 0.4) is 0 Å². The summed E-state index contributed by atoms with van der Waals surface area (Å²) in [4.78, 5) is 0. The molecule has 0 aromatic heterocycles. The molecule has 1 aromatic rings. The predicted molar refractivity (Wildman–Crippen MR) is 54.9 cm³/mol. The molecule has 1 aliphatic rings. The molecule has 1 aromatic carbocycles. The molecule has 3 heteroatoms. The molecule has 76 valence electrons. The van der Waals surface area contributed by atoms with Crippen molar-refractivity contribution in [1.82, 2.24) is 5.32 Å². The highest BCUT2D eigenvalue weighted by Crippen LogP contribution is 2.34. The van der Waals surface area contributed by atoms with E-state index in [-0.39, 0.29) is 0 Å². The van der Waals surface area contributed by atoms with Crippen molar-refractivity contribution < 1.29 is 9.47 Å². The summed E-state index contributed by atoms with van der Waals surface area (Å²) in [5, 5.41) is 3.12. The van der Waals surface area contributed by atoms with Crippen molar-refractivity contribution in [2.24, 2.45) is 0 Å². The van der Waals surface area contributed by atoms with Crippen molar-refractivity contribution >= 4 is 0 Å². The number of nitrogens with one attached hydrogen (secondary N) is 1. The van der Waals surface area contributed by atoms with Gasteiger partial charge in [-0.1, -0.05) is 6.07 Å². The molecule has 0 amide bonds. The van der Waals surface area contributed by atoms with Gasteiger partial charge in [0, 0.05) is 6.54 Å². The van der Waals surface area contributed by atoms with Gasteiger partial charge in [-0.15, -0.1) is 0 Å². The number of rotatable bonds is 2. The van der Waals surface area contributed by atoms with Gasteiger partial charge in [0.15, 0.2) is 11.5 Å². The Morgan fingerprint density at radius 1 is 1.29 bits per heavy atom. The number of benzene rings is 1. The van der Waals surface area contributed by atoms with Crippen LogP contribution in [0.1, 0.15) is 11.1 Å². The summed E-state index contributed by atoms with van der Waals surface area (Å²) >= 11 is 0. The SMILES string of the molecule is CNCc1cc(C)c2c(c1)OCCO2. The summed E-state index contributed by atoms with van der Waals surface area (Å²) in [6.45, 7) is 4.21. The van der Waals surface area contributed by atoms with Gasteiger partial charge in [-0.05, 0) is 31.2 Å². The van der Waals surface area contributed by atoms with Crippen LogP contribution in [0.25, 0.3) is 0 Å². The maximum Gasteiger partial charge on any atom is 0.164 e. The van der Waals surface area contributed by atoms with Crippen molar-refractivity contribution in [3.8, 4) is 11.5 Å². The van der Waals surface area contributed by atoms with Crippen LogP contribution in [0.4, 0.5) is 0 Å². The first-order valence-corrected chi connectivity index (χ1v) is 4.85. The van der Waals surface area contributed by atoms with E-state index in [2.05, 4.69) is 11.4 Å². The van der Waals surface area contributed by atoms with E-state index in [9.17, 15) is 0 Å². The van der Waals surface area contributed by atoms with E-state index >= 15 is 0 Å². The Morgan fingerprint density at radius 2 is 2.07 bits per heavy atom. The monoisotopic (exact) mass is 193 g/mol. The summed E-state index contributed by atoms with van der Waals surface area (Å²) in [6, 6.07) is 4.17. The van der Waals surface area contributed by atoms with Crippen LogP contribution >= 0.6 is 0 Å². The Bertz CT molecular complexity index is 336. The quantitative estimate of drug-likeness (QED) is 0.771. The zero-order valence-corrected chi connectivity index (χ0v) is 8.59. The Kier molecular flexibility index (Phi) is 2.59. The topological polar surface area (TPSA) is 30.5 Å². The Balaban J connectivity index is 2.36. The highest BCUT2D eigenvalue weighted by Gasteiger charge is 2.14. The molecule has 3 nitrogen and oxygen atoms in total. The van der Waals surface area contributed by atoms with E-state index in [1.54, 1.807) is 0 Å². The Labute approximate surface area is 84.0 Å². The molecule has 0 radical (unpaired) electrons. The number of ether oxygens (including phenoxy) is 2. The molecule has 0 spiro atoms. The molecule has 1 aliphatic heterocycles. The summed E-state index contributed by atoms with van der Waals surface area (Å²) in [6.07, 6.45) is 0. The predicted octanol–water partition coefficient (Wildman–Crippen LogP) is 1.49. The van der Waals surface area contributed by atoms with E-state index in [4.69, 9.17) is 9.47 Å². The van der Waals surface area contributed by atoms with Crippen molar-refractivity contribution in [2.45, 2.75) is 13.5 Å². The number of hydrogen-bond acceptors (Lipinski definition) is 3. The average Bonchev–Trinajstić information content (AvgIpc) is 2.18. The maximum absolute atomic E-state index is 5.54. The van der Waals surface area contributed by atoms with Gasteiger partial charge in [-0.3, -0.25) is 0 Å². The van der Waals surface area contributed by atoms with E-state index in [1.807, 2.05) is 20.0 Å². The lowest BCUT2D eigenvalue weighted by atomic mass is 10.1. The highest BCUT2D eigenvalue weighted by atomic mass is 16.6. The van der Waals surface area contributed by atoms with Crippen LogP contribution in [0.2, 0.25) is 0 Å². The molecular formula is C11H15NO2. The van der Waals surface area contributed by atoms with Gasteiger partial charge in [0.05, 0.1) is 0 Å². The third-order valence-corrected chi connectivity index (χ3v) is 2.27. The third-order valence-electron chi connectivity index (χ3n) is 2.27. The standard InChI is InChI=1S/C11H15NO2/c1-8-5-9(7-12-2)6-10-11(8)14-4-3-13-10/h5-6,12H,3-4,7H2,1-2H3. The summed E-state index contributed by atoms with van der Waals surface area (Å²) in [7, 11) is 1.94. The average molecular weight is 193 g/mol. The van der Waals surface area contributed by atoms with E-state index in [0.717, 1.165) is 23.6 Å². The smallest absolute Gasteiger partial charge is 0.164 e. The minimum Gasteiger partial charge on any atom is -0.486 e. The fraction of sp³-hybridized carbons (Fsp3) is 0.455. The Morgan fingerprint density at radius 3 is 2.86 bits per heavy atom. The number of fused-ring (bicyclic) bond motifs is 1. The van der Waals surface area contributed by atoms with Gasteiger partial charge >= 0.3 is 0 Å². The lowest BCUT2D eigenvalue weighted by Crippen LogP contribution is -2.17. The van der Waals surface area contributed by atoms with Crippen LogP contribution in [-0.2, 0) is 6.54 Å². The molecule has 0 saturated carbocycles. The lowest BCUT2D eigenvalue weighted by Gasteiger charge is -2.21. The van der Waals surface area contributed by atoms with E-state index in [0.29, 0.717) is 13.2 Å². The summed E-state index contributed by atoms with van der Waals surface area (Å²) in [5.41, 5.74) is 2.38. The molecule has 0 unspecified atom stereocenters. The number of hydrogen-bond donors (Lipinski definition) is 1. The molecule has 0 atom stereocenters. The minimum atomic E-state index is 0.648. The fourth-order valence-electron chi connectivity index (χ4n) is 1.71. The summed E-state index contributed by atoms with van der Waals surface area (Å²) < 4.78 is 11.1. The van der Waals surface area contributed by atoms with Crippen LogP contribution in [-0.4, -0.2) is 20.3 Å². The van der Waals surface area contributed by atoms with Gasteiger partial charge in [0.25, 0.3) is 0 Å². The molecule has 0 fully saturated rings. The second-order valence-corrected chi connectivity index (χ2v) is 3.47. The second kappa shape index (κ2) is 3.88. The third kappa shape index (κ3) is 1.68. The van der Waals surface area contributed by atoms with Crippen LogP contribution in [0, 0.1) is 6.92 Å². The first kappa shape index (κ1) is 9.34. The minimum absolute atomic E-state index is 0.648. The largest absolute Gasteiger partial charge is 0.486 e. The van der Waals surface area contributed by atoms with Gasteiger partial charge in [0.1, 0.15) is 13.2 Å². The lowest BCUT2D eigenvalue weighted by molar-refractivity contribution is 0.170. The van der Waals surface area contributed by atoms with Crippen LogP contribution in [0.15, 0.2) is 12.1 Å². The van der Waals surface area contributed by atoms with Gasteiger partial charge in [-0.2, -0.15) is 0 Å². The zero-order chi connectivity index (χ0) is 9.97. The molecule has 2 rings (SSSR count). The molecule has 0 aliphatic carbocycles. The Hall–Kier alpha value is -1.22. The summed E-state index contributed by atoms with van der Waals surface area (Å²) in [5.74, 6) is 1.78. The number of aryl methyl sites for hydroxylation is 1. The maximum atomic E-state index is 5.54. The van der Waals surface area contributed by atoms with Crippen molar-refractivity contribution in [1.29, 1.82) is 0 Å². The fourth-order valence-corrected chi connectivity index (χ4v) is 1.71. The molecule has 0 bridgehead atoms. The normalized spacial score (nSPS) is 14.1. The van der Waals surface area contributed by atoms with Crippen molar-refractivity contribution in [3.63, 3.8) is 0 Å². The first-order valence-electron chi connectivity index (χ1n) is 4.85. The molecular weight excluding hydrogens is 178 g/mol. The van der Waals surface area contributed by atoms with E-state index < -0.39 is 0 Å². The zero-order valence-electron chi connectivity index (χ0n) is 8.59. The molecule has 14 heavy (non-hydrogen) atoms. The van der Waals surface area contributed by atoms with E-state index in [1.165, 1.54) is 5.56 Å². The second-order valence-electron chi connectivity index (χ2n) is 3.47. The highest BCUT2D eigenvalue weighted by molar-refractivity contribution is 5.49. The van der Waals surface area contributed by atoms with Gasteiger partial charge in [-0.25, -0.2) is 0 Å². The molecule has 1 heterocycles. The molecule has 0 saturated heterocycles. The molecule has 1 N–H and O–H groups in total. The van der Waals surface area contributed by atoms with Crippen molar-refractivity contribution in [2.75, 3.05) is 20.3 Å². The van der Waals surface area contributed by atoms with Crippen molar-refractivity contribution in [3.05, 3.63) is 23.3 Å².